The van der Waals surface area contributed by atoms with Gasteiger partial charge < -0.3 is 5.73 Å². The number of nitrogens with zero attached hydrogens (tertiary/aromatic N) is 1. The van der Waals surface area contributed by atoms with Gasteiger partial charge in [-0.2, -0.15) is 0 Å². The van der Waals surface area contributed by atoms with E-state index >= 15 is 0 Å². The van der Waals surface area contributed by atoms with E-state index in [1.807, 2.05) is 6.92 Å². The van der Waals surface area contributed by atoms with Crippen molar-refractivity contribution in [3.05, 3.63) is 59.7 Å². The number of hydrogen-bond donors (Lipinski definition) is 1. The summed E-state index contributed by atoms with van der Waals surface area (Å²) in [6, 6.07) is 6.13. The number of allylic oxidation sites excluding steroid dienone is 2. The lowest BCUT2D eigenvalue weighted by atomic mass is 10.0. The van der Waals surface area contributed by atoms with E-state index in [4.69, 9.17) is 5.73 Å². The van der Waals surface area contributed by atoms with Crippen LogP contribution < -0.4 is 5.73 Å². The van der Waals surface area contributed by atoms with E-state index in [-0.39, 0.29) is 5.82 Å². The Morgan fingerprint density at radius 2 is 1.88 bits per heavy atom. The smallest absolute Gasteiger partial charge is 0.123 e. The van der Waals surface area contributed by atoms with Crippen LogP contribution >= 0.6 is 0 Å². The highest BCUT2D eigenvalue weighted by Crippen LogP contribution is 2.12. The van der Waals surface area contributed by atoms with Crippen molar-refractivity contribution < 1.29 is 4.39 Å². The van der Waals surface area contributed by atoms with E-state index in [9.17, 15) is 4.39 Å². The zero-order valence-corrected chi connectivity index (χ0v) is 9.50. The molecule has 0 bridgehead atoms. The van der Waals surface area contributed by atoms with Crippen LogP contribution in [0.1, 0.15) is 19.4 Å². The molecule has 0 aromatic heterocycles. The largest absolute Gasteiger partial charge is 0.404 e. The summed E-state index contributed by atoms with van der Waals surface area (Å²) in [6.45, 7) is 7.38. The van der Waals surface area contributed by atoms with E-state index in [1.54, 1.807) is 19.1 Å². The highest BCUT2D eigenvalue weighted by molar-refractivity contribution is 6.12. The molecule has 0 atom stereocenters. The molecule has 0 saturated heterocycles. The number of aliphatic imine (C=N–C) groups is 1. The average Bonchev–Trinajstić information content (AvgIpc) is 2.26. The second-order valence-electron chi connectivity index (χ2n) is 3.55. The molecule has 2 nitrogen and oxygen atoms in total. The van der Waals surface area contributed by atoms with Crippen LogP contribution in [0.2, 0.25) is 0 Å². The summed E-state index contributed by atoms with van der Waals surface area (Å²) < 4.78 is 12.8. The van der Waals surface area contributed by atoms with E-state index in [0.29, 0.717) is 5.70 Å². The highest BCUT2D eigenvalue weighted by Gasteiger charge is 2.05. The molecule has 0 heterocycles. The van der Waals surface area contributed by atoms with Crippen molar-refractivity contribution in [2.75, 3.05) is 0 Å². The molecule has 0 aliphatic heterocycles. The van der Waals surface area contributed by atoms with Crippen molar-refractivity contribution in [2.45, 2.75) is 13.8 Å². The standard InChI is InChI=1S/C13H15FN2/c1-9(2)16-13(10(3)8-15)11-4-6-12(14)7-5-11/h4-8H,1,15H2,2-3H3/b10-8-,16-13?. The Morgan fingerprint density at radius 3 is 2.31 bits per heavy atom. The van der Waals surface area contributed by atoms with Crippen LogP contribution in [0.3, 0.4) is 0 Å². The van der Waals surface area contributed by atoms with Crippen molar-refractivity contribution in [3.63, 3.8) is 0 Å². The Balaban J connectivity index is 3.22. The van der Waals surface area contributed by atoms with Crippen molar-refractivity contribution in [1.82, 2.24) is 0 Å². The third-order valence-corrected chi connectivity index (χ3v) is 2.04. The van der Waals surface area contributed by atoms with Gasteiger partial charge in [0.05, 0.1) is 5.71 Å². The van der Waals surface area contributed by atoms with Gasteiger partial charge in [-0.15, -0.1) is 0 Å². The molecule has 84 valence electrons. The molecule has 0 saturated carbocycles. The molecule has 0 amide bonds. The second kappa shape index (κ2) is 5.26. The van der Waals surface area contributed by atoms with Gasteiger partial charge in [-0.3, -0.25) is 4.99 Å². The number of benzene rings is 1. The van der Waals surface area contributed by atoms with Crippen molar-refractivity contribution >= 4 is 5.71 Å². The van der Waals surface area contributed by atoms with Gasteiger partial charge in [0.15, 0.2) is 0 Å². The van der Waals surface area contributed by atoms with Crippen molar-refractivity contribution in [1.29, 1.82) is 0 Å². The molecule has 2 N–H and O–H groups in total. The summed E-state index contributed by atoms with van der Waals surface area (Å²) in [5.74, 6) is -0.271. The van der Waals surface area contributed by atoms with Gasteiger partial charge in [-0.1, -0.05) is 6.58 Å². The van der Waals surface area contributed by atoms with E-state index in [2.05, 4.69) is 11.6 Å². The lowest BCUT2D eigenvalue weighted by Gasteiger charge is -2.07. The van der Waals surface area contributed by atoms with Gasteiger partial charge in [-0.05, 0) is 49.9 Å². The first-order valence-corrected chi connectivity index (χ1v) is 4.93. The Labute approximate surface area is 95.0 Å². The molecule has 0 aliphatic carbocycles. The maximum absolute atomic E-state index is 12.8. The molecule has 16 heavy (non-hydrogen) atoms. The maximum Gasteiger partial charge on any atom is 0.123 e. The fraction of sp³-hybridized carbons (Fsp3) is 0.154. The molecule has 0 unspecified atom stereocenters. The number of nitrogens with two attached hydrogens (primary N) is 1. The van der Waals surface area contributed by atoms with Crippen LogP contribution in [-0.2, 0) is 0 Å². The fourth-order valence-corrected chi connectivity index (χ4v) is 1.26. The van der Waals surface area contributed by atoms with Crippen molar-refractivity contribution in [3.8, 4) is 0 Å². The summed E-state index contributed by atoms with van der Waals surface area (Å²) in [5, 5.41) is 0. The monoisotopic (exact) mass is 218 g/mol. The minimum atomic E-state index is -0.271. The third kappa shape index (κ3) is 3.05. The molecule has 0 fully saturated rings. The minimum Gasteiger partial charge on any atom is -0.404 e. The van der Waals surface area contributed by atoms with E-state index < -0.39 is 0 Å². The van der Waals surface area contributed by atoms with Gasteiger partial charge in [0.2, 0.25) is 0 Å². The fourth-order valence-electron chi connectivity index (χ4n) is 1.26. The Bertz CT molecular complexity index is 442. The molecular weight excluding hydrogens is 203 g/mol. The minimum absolute atomic E-state index is 0.271. The lowest BCUT2D eigenvalue weighted by molar-refractivity contribution is 0.628. The predicted octanol–water partition coefficient (Wildman–Crippen LogP) is 3.01. The van der Waals surface area contributed by atoms with Gasteiger partial charge in [0.25, 0.3) is 0 Å². The molecule has 3 heteroatoms. The Morgan fingerprint density at radius 1 is 1.31 bits per heavy atom. The first-order chi connectivity index (χ1) is 7.54. The van der Waals surface area contributed by atoms with Crippen LogP contribution in [-0.4, -0.2) is 5.71 Å². The Kier molecular flexibility index (Phi) is 4.00. The maximum atomic E-state index is 12.8. The van der Waals surface area contributed by atoms with Gasteiger partial charge >= 0.3 is 0 Å². The SMILES string of the molecule is C=C(C)N=C(/C(C)=C\N)c1ccc(F)cc1. The van der Waals surface area contributed by atoms with Crippen LogP contribution in [0.5, 0.6) is 0 Å². The summed E-state index contributed by atoms with van der Waals surface area (Å²) in [6.07, 6.45) is 1.48. The topological polar surface area (TPSA) is 38.4 Å². The zero-order chi connectivity index (χ0) is 12.1. The van der Waals surface area contributed by atoms with Gasteiger partial charge in [0.1, 0.15) is 5.82 Å². The van der Waals surface area contributed by atoms with Gasteiger partial charge in [-0.25, -0.2) is 4.39 Å². The second-order valence-corrected chi connectivity index (χ2v) is 3.55. The average molecular weight is 218 g/mol. The van der Waals surface area contributed by atoms with Crippen LogP contribution in [0, 0.1) is 5.82 Å². The molecule has 0 spiro atoms. The lowest BCUT2D eigenvalue weighted by Crippen LogP contribution is -2.05. The summed E-state index contributed by atoms with van der Waals surface area (Å²) in [7, 11) is 0. The summed E-state index contributed by atoms with van der Waals surface area (Å²) >= 11 is 0. The number of rotatable bonds is 3. The number of halogens is 1. The summed E-state index contributed by atoms with van der Waals surface area (Å²) in [4.78, 5) is 4.30. The van der Waals surface area contributed by atoms with E-state index in [1.165, 1.54) is 18.3 Å². The molecule has 1 rings (SSSR count). The predicted molar refractivity (Wildman–Crippen MR) is 65.7 cm³/mol. The highest BCUT2D eigenvalue weighted by atomic mass is 19.1. The zero-order valence-electron chi connectivity index (χ0n) is 9.50. The first-order valence-electron chi connectivity index (χ1n) is 4.93. The van der Waals surface area contributed by atoms with E-state index in [0.717, 1.165) is 16.8 Å². The van der Waals surface area contributed by atoms with Crippen molar-refractivity contribution in [2.24, 2.45) is 10.7 Å². The van der Waals surface area contributed by atoms with Crippen LogP contribution in [0.25, 0.3) is 0 Å². The molecule has 1 aromatic carbocycles. The van der Waals surface area contributed by atoms with Crippen LogP contribution in [0.15, 0.2) is 53.3 Å². The molecule has 0 radical (unpaired) electrons. The molecule has 1 aromatic rings. The number of hydrogen-bond acceptors (Lipinski definition) is 2. The molecule has 0 aliphatic rings. The summed E-state index contributed by atoms with van der Waals surface area (Å²) in [5.41, 5.74) is 8.52. The third-order valence-electron chi connectivity index (χ3n) is 2.04. The first kappa shape index (κ1) is 12.2. The molecular formula is C13H15FN2. The Hall–Kier alpha value is -1.90. The quantitative estimate of drug-likeness (QED) is 0.778. The van der Waals surface area contributed by atoms with Crippen LogP contribution in [0.4, 0.5) is 4.39 Å². The van der Waals surface area contributed by atoms with Gasteiger partial charge in [0, 0.05) is 11.3 Å². The normalized spacial score (nSPS) is 12.7.